The number of nitrogens with one attached hydrogen (secondary N) is 1. The van der Waals surface area contributed by atoms with Crippen molar-refractivity contribution in [2.45, 2.75) is 18.9 Å². The van der Waals surface area contributed by atoms with Crippen LogP contribution in [-0.4, -0.2) is 44.8 Å². The predicted octanol–water partition coefficient (Wildman–Crippen LogP) is -0.633. The Hall–Kier alpha value is -1.69. The number of rotatable bonds is 2. The van der Waals surface area contributed by atoms with Crippen LogP contribution in [0, 0.1) is 0 Å². The summed E-state index contributed by atoms with van der Waals surface area (Å²) in [6.45, 7) is 2.52. The molecule has 1 aliphatic heterocycles. The lowest BCUT2D eigenvalue weighted by Gasteiger charge is -2.45. The molecule has 0 spiro atoms. The van der Waals surface area contributed by atoms with E-state index in [2.05, 4.69) is 10.2 Å². The first-order chi connectivity index (χ1) is 7.54. The molecule has 0 unspecified atom stereocenters. The average molecular weight is 223 g/mol. The monoisotopic (exact) mass is 223 g/mol. The van der Waals surface area contributed by atoms with Gasteiger partial charge in [0.15, 0.2) is 0 Å². The predicted molar refractivity (Wildman–Crippen MR) is 56.0 cm³/mol. The summed E-state index contributed by atoms with van der Waals surface area (Å²) in [5, 5.41) is 15.6. The van der Waals surface area contributed by atoms with Crippen molar-refractivity contribution >= 4 is 5.91 Å². The van der Waals surface area contributed by atoms with Crippen LogP contribution in [0.4, 0.5) is 0 Å². The second-order valence-corrected chi connectivity index (χ2v) is 4.05. The molecule has 1 aliphatic rings. The van der Waals surface area contributed by atoms with E-state index in [1.165, 1.54) is 17.0 Å². The Morgan fingerprint density at radius 2 is 2.31 bits per heavy atom. The van der Waals surface area contributed by atoms with Crippen molar-refractivity contribution in [3.63, 3.8) is 0 Å². The number of aliphatic hydroxyl groups is 1. The zero-order valence-electron chi connectivity index (χ0n) is 8.93. The molecule has 86 valence electrons. The molecule has 0 aromatic carbocycles. The third-order valence-corrected chi connectivity index (χ3v) is 2.81. The summed E-state index contributed by atoms with van der Waals surface area (Å²) < 4.78 is 0. The molecule has 0 radical (unpaired) electrons. The summed E-state index contributed by atoms with van der Waals surface area (Å²) >= 11 is 0. The molecule has 0 bridgehead atoms. The van der Waals surface area contributed by atoms with Crippen LogP contribution in [0.5, 0.6) is 0 Å². The van der Waals surface area contributed by atoms with Gasteiger partial charge in [0.2, 0.25) is 0 Å². The van der Waals surface area contributed by atoms with Gasteiger partial charge in [-0.3, -0.25) is 9.59 Å². The first kappa shape index (κ1) is 10.8. The number of nitrogens with zero attached hydrogens (tertiary/aromatic N) is 2. The Kier molecular flexibility index (Phi) is 2.51. The van der Waals surface area contributed by atoms with Gasteiger partial charge in [-0.05, 0) is 12.5 Å². The first-order valence-corrected chi connectivity index (χ1v) is 5.11. The third-order valence-electron chi connectivity index (χ3n) is 2.81. The number of amides is 1. The fourth-order valence-corrected chi connectivity index (χ4v) is 1.66. The maximum absolute atomic E-state index is 11.8. The van der Waals surface area contributed by atoms with E-state index >= 15 is 0 Å². The molecule has 1 aromatic heterocycles. The van der Waals surface area contributed by atoms with Crippen molar-refractivity contribution in [1.29, 1.82) is 0 Å². The van der Waals surface area contributed by atoms with Crippen molar-refractivity contribution in [3.8, 4) is 0 Å². The maximum Gasteiger partial charge on any atom is 0.274 e. The fraction of sp³-hybridized carbons (Fsp3) is 0.500. The number of hydrogen-bond donors (Lipinski definition) is 2. The Bertz CT molecular complexity index is 442. The van der Waals surface area contributed by atoms with Gasteiger partial charge in [0, 0.05) is 6.07 Å². The number of likely N-dealkylation sites (tertiary alicyclic amines) is 1. The molecule has 2 rings (SSSR count). The highest BCUT2D eigenvalue weighted by molar-refractivity contribution is 5.92. The summed E-state index contributed by atoms with van der Waals surface area (Å²) in [4.78, 5) is 24.0. The molecule has 1 amide bonds. The average Bonchev–Trinajstić information content (AvgIpc) is 2.25. The van der Waals surface area contributed by atoms with E-state index in [4.69, 9.17) is 0 Å². The summed E-state index contributed by atoms with van der Waals surface area (Å²) in [5.74, 6) is -0.269. The highest BCUT2D eigenvalue weighted by Gasteiger charge is 2.42. The number of H-pyrrole nitrogens is 1. The number of aromatic nitrogens is 2. The van der Waals surface area contributed by atoms with Crippen molar-refractivity contribution in [2.24, 2.45) is 0 Å². The number of carbonyl (C=O) groups is 1. The highest BCUT2D eigenvalue weighted by atomic mass is 16.3. The minimum atomic E-state index is -0.752. The van der Waals surface area contributed by atoms with Gasteiger partial charge >= 0.3 is 0 Å². The van der Waals surface area contributed by atoms with E-state index in [0.717, 1.165) is 0 Å². The normalized spacial score (nSPS) is 18.0. The Morgan fingerprint density at radius 3 is 2.81 bits per heavy atom. The molecule has 16 heavy (non-hydrogen) atoms. The summed E-state index contributed by atoms with van der Waals surface area (Å²) in [6.07, 6.45) is 0.621. The molecule has 0 atom stereocenters. The summed E-state index contributed by atoms with van der Waals surface area (Å²) in [7, 11) is 0. The van der Waals surface area contributed by atoms with Crippen LogP contribution in [0.3, 0.4) is 0 Å². The molecular weight excluding hydrogens is 210 g/mol. The summed E-state index contributed by atoms with van der Waals surface area (Å²) in [5.41, 5.74) is -0.902. The second-order valence-electron chi connectivity index (χ2n) is 4.05. The smallest absolute Gasteiger partial charge is 0.274 e. The first-order valence-electron chi connectivity index (χ1n) is 5.11. The minimum Gasteiger partial charge on any atom is -0.386 e. The van der Waals surface area contributed by atoms with Gasteiger partial charge in [0.05, 0.1) is 18.7 Å². The molecule has 1 fully saturated rings. The molecule has 6 heteroatoms. The van der Waals surface area contributed by atoms with Gasteiger partial charge in [0.25, 0.3) is 11.5 Å². The molecular formula is C10H13N3O3. The van der Waals surface area contributed by atoms with E-state index in [9.17, 15) is 14.7 Å². The lowest BCUT2D eigenvalue weighted by molar-refractivity contribution is -0.0828. The zero-order chi connectivity index (χ0) is 11.8. The van der Waals surface area contributed by atoms with Crippen molar-refractivity contribution in [2.75, 3.05) is 13.1 Å². The van der Waals surface area contributed by atoms with Gasteiger partial charge in [0.1, 0.15) is 5.69 Å². The molecule has 2 N–H and O–H groups in total. The van der Waals surface area contributed by atoms with Crippen LogP contribution >= 0.6 is 0 Å². The number of β-amino-alcohol motifs (C(OH)–C–C–N with tert-alkyl or cyclic N) is 1. The van der Waals surface area contributed by atoms with E-state index < -0.39 is 5.60 Å². The number of carbonyl (C=O) groups excluding carboxylic acids is 1. The van der Waals surface area contributed by atoms with E-state index in [-0.39, 0.29) is 17.2 Å². The van der Waals surface area contributed by atoms with Crippen LogP contribution in [-0.2, 0) is 0 Å². The number of hydrogen-bond acceptors (Lipinski definition) is 4. The largest absolute Gasteiger partial charge is 0.386 e. The van der Waals surface area contributed by atoms with Crippen LogP contribution < -0.4 is 5.56 Å². The third kappa shape index (κ3) is 1.83. The van der Waals surface area contributed by atoms with Crippen molar-refractivity contribution < 1.29 is 9.90 Å². The second kappa shape index (κ2) is 3.71. The lowest BCUT2D eigenvalue weighted by atomic mass is 9.91. The SMILES string of the molecule is CCC1(O)CN(C(=O)c2ccc(=O)[nH]n2)C1. The summed E-state index contributed by atoms with van der Waals surface area (Å²) in [6, 6.07) is 2.64. The van der Waals surface area contributed by atoms with Crippen LogP contribution in [0.15, 0.2) is 16.9 Å². The van der Waals surface area contributed by atoms with Gasteiger partial charge in [-0.15, -0.1) is 0 Å². The number of aromatic amines is 1. The van der Waals surface area contributed by atoms with Gasteiger partial charge in [-0.25, -0.2) is 5.10 Å². The van der Waals surface area contributed by atoms with Crippen LogP contribution in [0.25, 0.3) is 0 Å². The Labute approximate surface area is 91.9 Å². The van der Waals surface area contributed by atoms with E-state index in [1.54, 1.807) is 0 Å². The van der Waals surface area contributed by atoms with Crippen LogP contribution in [0.1, 0.15) is 23.8 Å². The van der Waals surface area contributed by atoms with Crippen molar-refractivity contribution in [1.82, 2.24) is 15.1 Å². The van der Waals surface area contributed by atoms with Gasteiger partial charge in [-0.1, -0.05) is 6.92 Å². The fourth-order valence-electron chi connectivity index (χ4n) is 1.66. The minimum absolute atomic E-state index is 0.192. The lowest BCUT2D eigenvalue weighted by Crippen LogP contribution is -2.63. The quantitative estimate of drug-likeness (QED) is 0.698. The molecule has 1 saturated heterocycles. The molecule has 0 saturated carbocycles. The topological polar surface area (TPSA) is 86.3 Å². The Morgan fingerprint density at radius 1 is 1.62 bits per heavy atom. The zero-order valence-corrected chi connectivity index (χ0v) is 8.93. The molecule has 2 heterocycles. The highest BCUT2D eigenvalue weighted by Crippen LogP contribution is 2.24. The Balaban J connectivity index is 2.05. The van der Waals surface area contributed by atoms with Crippen LogP contribution in [0.2, 0.25) is 0 Å². The molecule has 0 aliphatic carbocycles. The van der Waals surface area contributed by atoms with E-state index in [1.807, 2.05) is 6.92 Å². The standard InChI is InChI=1S/C10H13N3O3/c1-2-10(16)5-13(6-10)9(15)7-3-4-8(14)12-11-7/h3-4,16H,2,5-6H2,1H3,(H,12,14). The van der Waals surface area contributed by atoms with Crippen molar-refractivity contribution in [3.05, 3.63) is 28.2 Å². The van der Waals surface area contributed by atoms with E-state index in [0.29, 0.717) is 19.5 Å². The van der Waals surface area contributed by atoms with Gasteiger partial charge in [-0.2, -0.15) is 5.10 Å². The maximum atomic E-state index is 11.8. The van der Waals surface area contributed by atoms with Gasteiger partial charge < -0.3 is 10.0 Å². The molecule has 6 nitrogen and oxygen atoms in total. The molecule has 1 aromatic rings.